The van der Waals surface area contributed by atoms with Crippen molar-refractivity contribution in [2.24, 2.45) is 11.8 Å². The van der Waals surface area contributed by atoms with Gasteiger partial charge in [-0.15, -0.1) is 5.10 Å². The summed E-state index contributed by atoms with van der Waals surface area (Å²) in [5.41, 5.74) is -2.26. The van der Waals surface area contributed by atoms with Gasteiger partial charge in [0.15, 0.2) is 11.6 Å². The number of halogens is 3. The number of cyclic esters (lactones) is 1. The zero-order valence-corrected chi connectivity index (χ0v) is 22.5. The van der Waals surface area contributed by atoms with E-state index in [1.807, 2.05) is 0 Å². The number of ketones is 1. The first-order valence-electron chi connectivity index (χ1n) is 13.0. The van der Waals surface area contributed by atoms with Gasteiger partial charge in [-0.3, -0.25) is 9.59 Å². The van der Waals surface area contributed by atoms with Crippen molar-refractivity contribution >= 4 is 29.1 Å². The van der Waals surface area contributed by atoms with Crippen molar-refractivity contribution < 1.29 is 23.1 Å². The lowest BCUT2D eigenvalue weighted by Gasteiger charge is -2.43. The van der Waals surface area contributed by atoms with Gasteiger partial charge in [0.25, 0.3) is 11.3 Å². The van der Waals surface area contributed by atoms with Crippen LogP contribution in [0.5, 0.6) is 0 Å². The molecule has 39 heavy (non-hydrogen) atoms. The molecule has 1 saturated carbocycles. The second-order valence-electron chi connectivity index (χ2n) is 11.0. The Balaban J connectivity index is 1.36. The minimum Gasteiger partial charge on any atom is -0.458 e. The third-order valence-corrected chi connectivity index (χ3v) is 8.17. The molecule has 2 aliphatic rings. The molecule has 1 aliphatic carbocycles. The highest BCUT2D eigenvalue weighted by Crippen LogP contribution is 2.45. The van der Waals surface area contributed by atoms with Gasteiger partial charge < -0.3 is 9.58 Å². The number of hydrogen-bond acceptors (Lipinski definition) is 6. The van der Waals surface area contributed by atoms with Gasteiger partial charge in [-0.2, -0.15) is 4.98 Å². The van der Waals surface area contributed by atoms with Crippen molar-refractivity contribution in [2.45, 2.75) is 76.4 Å². The molecule has 3 aromatic rings. The smallest absolute Gasteiger partial charge is 0.317 e. The summed E-state index contributed by atoms with van der Waals surface area (Å²) >= 11 is 5.95. The molecule has 0 bridgehead atoms. The summed E-state index contributed by atoms with van der Waals surface area (Å²) in [6, 6.07) is 2.47. The maximum atomic E-state index is 14.9. The SMILES string of the molecule is [C-]#[N+]C(C)(C)c1c(F)cc(CCC2(C3CCCC3)CC(=O)C(Cc3nc4ncc(Cl)cn4n3)C(=O)O2)cc1F. The van der Waals surface area contributed by atoms with Gasteiger partial charge in [-0.05, 0) is 49.3 Å². The van der Waals surface area contributed by atoms with E-state index in [9.17, 15) is 18.4 Å². The average Bonchev–Trinajstić information content (AvgIpc) is 3.55. The number of nitrogens with zero attached hydrogens (tertiary/aromatic N) is 5. The number of aromatic nitrogens is 4. The lowest BCUT2D eigenvalue weighted by atomic mass is 9.73. The Hall–Kier alpha value is -3.45. The first-order valence-corrected chi connectivity index (χ1v) is 13.4. The van der Waals surface area contributed by atoms with Crippen LogP contribution in [0.2, 0.25) is 5.02 Å². The van der Waals surface area contributed by atoms with E-state index in [0.29, 0.717) is 16.4 Å². The van der Waals surface area contributed by atoms with Gasteiger partial charge in [0.1, 0.15) is 28.7 Å². The van der Waals surface area contributed by atoms with Crippen LogP contribution in [-0.2, 0) is 32.7 Å². The Kier molecular flexibility index (Phi) is 7.14. The lowest BCUT2D eigenvalue weighted by molar-refractivity contribution is -0.185. The number of ether oxygens (including phenoxy) is 1. The van der Waals surface area contributed by atoms with Crippen LogP contribution in [-0.4, -0.2) is 36.9 Å². The van der Waals surface area contributed by atoms with Crippen molar-refractivity contribution in [1.29, 1.82) is 0 Å². The van der Waals surface area contributed by atoms with E-state index in [2.05, 4.69) is 19.9 Å². The summed E-state index contributed by atoms with van der Waals surface area (Å²) in [5.74, 6) is -2.93. The highest BCUT2D eigenvalue weighted by atomic mass is 35.5. The monoisotopic (exact) mass is 555 g/mol. The van der Waals surface area contributed by atoms with Crippen LogP contribution in [0.15, 0.2) is 24.5 Å². The van der Waals surface area contributed by atoms with Gasteiger partial charge in [0.2, 0.25) is 0 Å². The topological polar surface area (TPSA) is 90.8 Å². The Bertz CT molecular complexity index is 1450. The molecule has 2 unspecified atom stereocenters. The Labute approximate surface area is 229 Å². The molecule has 11 heteroatoms. The Morgan fingerprint density at radius 1 is 1.23 bits per heavy atom. The molecular weight excluding hydrogens is 528 g/mol. The molecule has 8 nitrogen and oxygen atoms in total. The highest BCUT2D eigenvalue weighted by molar-refractivity contribution is 6.30. The molecule has 0 amide bonds. The van der Waals surface area contributed by atoms with Crippen LogP contribution >= 0.6 is 11.6 Å². The van der Waals surface area contributed by atoms with Gasteiger partial charge in [-0.1, -0.05) is 24.4 Å². The number of benzene rings is 1. The number of carbonyl (C=O) groups excluding carboxylic acids is 2. The Morgan fingerprint density at radius 2 is 1.92 bits per heavy atom. The van der Waals surface area contributed by atoms with Crippen molar-refractivity contribution in [3.63, 3.8) is 0 Å². The molecule has 2 fully saturated rings. The van der Waals surface area contributed by atoms with E-state index in [-0.39, 0.29) is 48.8 Å². The summed E-state index contributed by atoms with van der Waals surface area (Å²) in [5, 5.41) is 4.66. The molecule has 3 heterocycles. The van der Waals surface area contributed by atoms with Crippen LogP contribution in [0.4, 0.5) is 8.78 Å². The minimum absolute atomic E-state index is 0.0129. The molecule has 5 rings (SSSR count). The summed E-state index contributed by atoms with van der Waals surface area (Å²) in [6.07, 6.45) is 7.01. The van der Waals surface area contributed by atoms with Crippen molar-refractivity contribution in [2.75, 3.05) is 0 Å². The van der Waals surface area contributed by atoms with Crippen LogP contribution in [0, 0.1) is 30.0 Å². The molecule has 1 aromatic carbocycles. The molecule has 0 spiro atoms. The molecule has 1 saturated heterocycles. The fourth-order valence-corrected chi connectivity index (χ4v) is 6.06. The van der Waals surface area contributed by atoms with Crippen molar-refractivity contribution in [1.82, 2.24) is 19.6 Å². The summed E-state index contributed by atoms with van der Waals surface area (Å²) in [6.45, 7) is 10.2. The van der Waals surface area contributed by atoms with E-state index < -0.39 is 34.7 Å². The van der Waals surface area contributed by atoms with Gasteiger partial charge in [-0.25, -0.2) is 24.9 Å². The van der Waals surface area contributed by atoms with Crippen LogP contribution in [0.3, 0.4) is 0 Å². The number of esters is 1. The van der Waals surface area contributed by atoms with Crippen LogP contribution in [0.25, 0.3) is 10.6 Å². The summed E-state index contributed by atoms with van der Waals surface area (Å²) < 4.78 is 37.3. The number of fused-ring (bicyclic) bond motifs is 1. The third-order valence-electron chi connectivity index (χ3n) is 7.97. The standard InChI is InChI=1S/C28H28ClF2N5O3/c1-27(2,32-3)24-20(30)10-16(11-21(24)31)8-9-28(17-6-4-5-7-17)13-22(37)19(25(38)39-28)12-23-34-26-33-14-18(29)15-36(26)35-23/h10-11,14-15,17,19H,4-9,12-13H2,1-2H3. The molecule has 0 radical (unpaired) electrons. The normalized spacial score (nSPS) is 22.3. The molecular formula is C28H28ClF2N5O3. The zero-order chi connectivity index (χ0) is 27.9. The number of aryl methyl sites for hydroxylation is 1. The van der Waals surface area contributed by atoms with E-state index in [0.717, 1.165) is 25.7 Å². The zero-order valence-electron chi connectivity index (χ0n) is 21.7. The minimum atomic E-state index is -1.34. The van der Waals surface area contributed by atoms with E-state index in [1.165, 1.54) is 42.9 Å². The first kappa shape index (κ1) is 27.1. The predicted molar refractivity (Wildman–Crippen MR) is 138 cm³/mol. The first-order chi connectivity index (χ1) is 18.5. The summed E-state index contributed by atoms with van der Waals surface area (Å²) in [4.78, 5) is 38.4. The number of carbonyl (C=O) groups is 2. The van der Waals surface area contributed by atoms with E-state index in [1.54, 1.807) is 0 Å². The molecule has 204 valence electrons. The number of hydrogen-bond donors (Lipinski definition) is 0. The van der Waals surface area contributed by atoms with Crippen molar-refractivity contribution in [3.8, 4) is 0 Å². The summed E-state index contributed by atoms with van der Waals surface area (Å²) in [7, 11) is 0. The van der Waals surface area contributed by atoms with Gasteiger partial charge >= 0.3 is 5.97 Å². The number of rotatable bonds is 7. The molecule has 2 aromatic heterocycles. The predicted octanol–water partition coefficient (Wildman–Crippen LogP) is 5.45. The van der Waals surface area contributed by atoms with Crippen molar-refractivity contribution in [3.05, 3.63) is 69.6 Å². The quantitative estimate of drug-likeness (QED) is 0.219. The maximum absolute atomic E-state index is 14.9. The largest absolute Gasteiger partial charge is 0.458 e. The fraction of sp³-hybridized carbons (Fsp3) is 0.500. The van der Waals surface area contributed by atoms with E-state index >= 15 is 0 Å². The van der Waals surface area contributed by atoms with Crippen LogP contribution in [0.1, 0.15) is 69.3 Å². The second kappa shape index (κ2) is 10.3. The highest BCUT2D eigenvalue weighted by Gasteiger charge is 2.51. The lowest BCUT2D eigenvalue weighted by Crippen LogP contribution is -2.52. The molecule has 1 aliphatic heterocycles. The van der Waals surface area contributed by atoms with Crippen LogP contribution < -0.4 is 0 Å². The number of Topliss-reactive ketones (excluding diaryl/α,β-unsaturated/α-hetero) is 1. The molecule has 0 N–H and O–H groups in total. The third kappa shape index (κ3) is 5.24. The maximum Gasteiger partial charge on any atom is 0.317 e. The van der Waals surface area contributed by atoms with Gasteiger partial charge in [0, 0.05) is 26.7 Å². The van der Waals surface area contributed by atoms with E-state index in [4.69, 9.17) is 22.9 Å². The second-order valence-corrected chi connectivity index (χ2v) is 11.5. The molecule has 2 atom stereocenters. The average molecular weight is 556 g/mol. The van der Waals surface area contributed by atoms with Gasteiger partial charge in [0.05, 0.1) is 17.4 Å². The Morgan fingerprint density at radius 3 is 2.56 bits per heavy atom. The fourth-order valence-electron chi connectivity index (χ4n) is 5.91.